The molecule has 1 amide bonds. The van der Waals surface area contributed by atoms with Gasteiger partial charge < -0.3 is 5.11 Å². The summed E-state index contributed by atoms with van der Waals surface area (Å²) in [4.78, 5) is 12.3. The van der Waals surface area contributed by atoms with Crippen molar-refractivity contribution in [3.8, 4) is 0 Å². The highest BCUT2D eigenvalue weighted by Gasteiger charge is 2.63. The van der Waals surface area contributed by atoms with Crippen molar-refractivity contribution in [3.63, 3.8) is 0 Å². The SMILES string of the molecule is CC(C)CC1=NN(C(=O)c2ccc(F)cc2)C(O)(C(F)(F)F)C1. The standard InChI is InChI=1S/C15H16F4N2O2/c1-9(2)7-12-8-14(23,15(17,18)19)21(20-12)13(22)10-3-5-11(16)6-4-10/h3-6,9,23H,7-8H2,1-2H3. The molecule has 0 saturated carbocycles. The van der Waals surface area contributed by atoms with E-state index in [0.717, 1.165) is 24.3 Å². The van der Waals surface area contributed by atoms with Gasteiger partial charge in [0, 0.05) is 17.7 Å². The molecule has 0 aliphatic carbocycles. The summed E-state index contributed by atoms with van der Waals surface area (Å²) >= 11 is 0. The molecule has 8 heteroatoms. The molecule has 1 heterocycles. The van der Waals surface area contributed by atoms with Gasteiger partial charge in [-0.1, -0.05) is 13.8 Å². The summed E-state index contributed by atoms with van der Waals surface area (Å²) in [6.07, 6.45) is -5.63. The Bertz CT molecular complexity index is 625. The van der Waals surface area contributed by atoms with E-state index >= 15 is 0 Å². The Hall–Kier alpha value is -1.96. The molecular formula is C15H16F4N2O2. The van der Waals surface area contributed by atoms with Crippen molar-refractivity contribution < 1.29 is 27.5 Å². The highest BCUT2D eigenvalue weighted by atomic mass is 19.4. The van der Waals surface area contributed by atoms with Crippen LogP contribution in [0.5, 0.6) is 0 Å². The molecule has 0 radical (unpaired) electrons. The highest BCUT2D eigenvalue weighted by Crippen LogP contribution is 2.41. The number of carbonyl (C=O) groups is 1. The minimum absolute atomic E-state index is 0.0205. The van der Waals surface area contributed by atoms with Crippen molar-refractivity contribution in [2.45, 2.75) is 38.6 Å². The van der Waals surface area contributed by atoms with Crippen molar-refractivity contribution in [2.24, 2.45) is 11.0 Å². The van der Waals surface area contributed by atoms with E-state index in [1.54, 1.807) is 13.8 Å². The summed E-state index contributed by atoms with van der Waals surface area (Å²) in [7, 11) is 0. The van der Waals surface area contributed by atoms with Gasteiger partial charge in [-0.05, 0) is 36.6 Å². The van der Waals surface area contributed by atoms with Crippen molar-refractivity contribution in [2.75, 3.05) is 0 Å². The summed E-state index contributed by atoms with van der Waals surface area (Å²) in [5.41, 5.74) is -3.48. The van der Waals surface area contributed by atoms with E-state index in [1.165, 1.54) is 0 Å². The molecule has 1 aliphatic rings. The van der Waals surface area contributed by atoms with E-state index in [4.69, 9.17) is 0 Å². The lowest BCUT2D eigenvalue weighted by molar-refractivity contribution is -0.297. The van der Waals surface area contributed by atoms with Crippen molar-refractivity contribution in [3.05, 3.63) is 35.6 Å². The van der Waals surface area contributed by atoms with E-state index in [1.807, 2.05) is 0 Å². The first-order valence-corrected chi connectivity index (χ1v) is 7.00. The van der Waals surface area contributed by atoms with Gasteiger partial charge in [-0.25, -0.2) is 4.39 Å². The Morgan fingerprint density at radius 3 is 2.39 bits per heavy atom. The van der Waals surface area contributed by atoms with Gasteiger partial charge >= 0.3 is 6.18 Å². The van der Waals surface area contributed by atoms with E-state index in [9.17, 15) is 27.5 Å². The zero-order valence-corrected chi connectivity index (χ0v) is 12.6. The summed E-state index contributed by atoms with van der Waals surface area (Å²) < 4.78 is 52.7. The number of aliphatic hydroxyl groups is 1. The molecule has 1 unspecified atom stereocenters. The van der Waals surface area contributed by atoms with Crippen LogP contribution in [0.1, 0.15) is 37.0 Å². The molecule has 1 atom stereocenters. The summed E-state index contributed by atoms with van der Waals surface area (Å²) in [5, 5.41) is 13.8. The molecule has 1 aromatic rings. The Labute approximate surface area is 130 Å². The fraction of sp³-hybridized carbons (Fsp3) is 0.467. The number of halogens is 4. The molecule has 23 heavy (non-hydrogen) atoms. The third kappa shape index (κ3) is 3.36. The van der Waals surface area contributed by atoms with Crippen LogP contribution in [0.15, 0.2) is 29.4 Å². The largest absolute Gasteiger partial charge is 0.438 e. The van der Waals surface area contributed by atoms with Crippen LogP contribution in [0.4, 0.5) is 17.6 Å². The number of carbonyl (C=O) groups excluding carboxylic acids is 1. The Morgan fingerprint density at radius 2 is 1.91 bits per heavy atom. The number of amides is 1. The minimum atomic E-state index is -5.06. The van der Waals surface area contributed by atoms with Crippen molar-refractivity contribution >= 4 is 11.6 Å². The maximum atomic E-state index is 13.3. The average Bonchev–Trinajstić information content (AvgIpc) is 2.75. The van der Waals surface area contributed by atoms with Crippen molar-refractivity contribution in [1.29, 1.82) is 0 Å². The Morgan fingerprint density at radius 1 is 1.35 bits per heavy atom. The number of rotatable bonds is 3. The molecule has 0 saturated heterocycles. The Balaban J connectivity index is 2.39. The zero-order valence-electron chi connectivity index (χ0n) is 12.6. The van der Waals surface area contributed by atoms with Crippen LogP contribution in [0.3, 0.4) is 0 Å². The van der Waals surface area contributed by atoms with Crippen LogP contribution >= 0.6 is 0 Å². The van der Waals surface area contributed by atoms with Gasteiger partial charge in [0.1, 0.15) is 5.82 Å². The van der Waals surface area contributed by atoms with Crippen LogP contribution in [-0.4, -0.2) is 33.6 Å². The molecule has 0 aromatic heterocycles. The van der Waals surface area contributed by atoms with E-state index in [-0.39, 0.29) is 28.6 Å². The number of benzene rings is 1. The molecular weight excluding hydrogens is 316 g/mol. The minimum Gasteiger partial charge on any atom is -0.362 e. The highest BCUT2D eigenvalue weighted by molar-refractivity contribution is 5.98. The zero-order chi connectivity index (χ0) is 17.4. The second-order valence-corrected chi connectivity index (χ2v) is 5.88. The van der Waals surface area contributed by atoms with Gasteiger partial charge in [-0.3, -0.25) is 4.79 Å². The smallest absolute Gasteiger partial charge is 0.362 e. The number of alkyl halides is 3. The van der Waals surface area contributed by atoms with Crippen LogP contribution in [0, 0.1) is 11.7 Å². The second-order valence-electron chi connectivity index (χ2n) is 5.88. The summed E-state index contributed by atoms with van der Waals surface area (Å²) in [6, 6.07) is 4.00. The van der Waals surface area contributed by atoms with Gasteiger partial charge in [0.2, 0.25) is 0 Å². The third-order valence-corrected chi connectivity index (χ3v) is 3.42. The summed E-state index contributed by atoms with van der Waals surface area (Å²) in [5.74, 6) is -1.74. The monoisotopic (exact) mass is 332 g/mol. The van der Waals surface area contributed by atoms with Crippen molar-refractivity contribution in [1.82, 2.24) is 5.01 Å². The number of hydrogen-bond donors (Lipinski definition) is 1. The van der Waals surface area contributed by atoms with E-state index < -0.39 is 30.0 Å². The lowest BCUT2D eigenvalue weighted by Gasteiger charge is -2.32. The van der Waals surface area contributed by atoms with Crippen LogP contribution < -0.4 is 0 Å². The number of hydrogen-bond acceptors (Lipinski definition) is 3. The molecule has 0 spiro atoms. The van der Waals surface area contributed by atoms with Crippen LogP contribution in [0.25, 0.3) is 0 Å². The van der Waals surface area contributed by atoms with E-state index in [2.05, 4.69) is 5.10 Å². The van der Waals surface area contributed by atoms with Gasteiger partial charge in [-0.15, -0.1) is 0 Å². The fourth-order valence-corrected chi connectivity index (χ4v) is 2.35. The summed E-state index contributed by atoms with van der Waals surface area (Å²) in [6.45, 7) is 3.58. The van der Waals surface area contributed by atoms with Gasteiger partial charge in [0.25, 0.3) is 11.6 Å². The predicted octanol–water partition coefficient (Wildman–Crippen LogP) is 3.32. The Kier molecular flexibility index (Phi) is 4.48. The predicted molar refractivity (Wildman–Crippen MR) is 75.1 cm³/mol. The molecule has 0 bridgehead atoms. The lowest BCUT2D eigenvalue weighted by atomic mass is 9.99. The molecule has 1 N–H and O–H groups in total. The molecule has 0 fully saturated rings. The maximum absolute atomic E-state index is 13.3. The molecule has 1 aliphatic heterocycles. The first-order valence-electron chi connectivity index (χ1n) is 7.00. The molecule has 1 aromatic carbocycles. The fourth-order valence-electron chi connectivity index (χ4n) is 2.35. The third-order valence-electron chi connectivity index (χ3n) is 3.42. The van der Waals surface area contributed by atoms with Crippen LogP contribution in [0.2, 0.25) is 0 Å². The van der Waals surface area contributed by atoms with Gasteiger partial charge in [0.05, 0.1) is 0 Å². The second kappa shape index (κ2) is 5.92. The van der Waals surface area contributed by atoms with Crippen LogP contribution in [-0.2, 0) is 0 Å². The van der Waals surface area contributed by atoms with E-state index in [0.29, 0.717) is 0 Å². The quantitative estimate of drug-likeness (QED) is 0.863. The van der Waals surface area contributed by atoms with Gasteiger partial charge in [-0.2, -0.15) is 23.3 Å². The normalized spacial score (nSPS) is 21.7. The topological polar surface area (TPSA) is 52.9 Å². The number of hydrazone groups is 1. The maximum Gasteiger partial charge on any atom is 0.438 e. The number of nitrogens with zero attached hydrogens (tertiary/aromatic N) is 2. The first kappa shape index (κ1) is 17.4. The first-order chi connectivity index (χ1) is 10.5. The van der Waals surface area contributed by atoms with Gasteiger partial charge in [0.15, 0.2) is 0 Å². The lowest BCUT2D eigenvalue weighted by Crippen LogP contribution is -2.56. The average molecular weight is 332 g/mol. The molecule has 2 rings (SSSR count). The molecule has 4 nitrogen and oxygen atoms in total. The molecule has 126 valence electrons.